The van der Waals surface area contributed by atoms with Gasteiger partial charge in [-0.05, 0) is 7.05 Å². The fourth-order valence-electron chi connectivity index (χ4n) is 1.73. The Labute approximate surface area is 99.7 Å². The normalized spacial score (nSPS) is 16.2. The summed E-state index contributed by atoms with van der Waals surface area (Å²) in [7, 11) is 1.85. The summed E-state index contributed by atoms with van der Waals surface area (Å²) in [4.78, 5) is 13.7. The van der Waals surface area contributed by atoms with Crippen molar-refractivity contribution in [3.05, 3.63) is 11.9 Å². The second-order valence-electron chi connectivity index (χ2n) is 3.93. The van der Waals surface area contributed by atoms with Crippen LogP contribution in [0.3, 0.4) is 0 Å². The Hall–Kier alpha value is -1.47. The molecule has 0 spiro atoms. The minimum atomic E-state index is 0.0641. The summed E-state index contributed by atoms with van der Waals surface area (Å²) < 4.78 is 6.77. The molecule has 1 amide bonds. The summed E-state index contributed by atoms with van der Waals surface area (Å²) >= 11 is 0. The van der Waals surface area contributed by atoms with Gasteiger partial charge in [0.05, 0.1) is 25.1 Å². The van der Waals surface area contributed by atoms with Crippen molar-refractivity contribution in [1.82, 2.24) is 25.2 Å². The van der Waals surface area contributed by atoms with Crippen molar-refractivity contribution in [2.24, 2.45) is 0 Å². The molecule has 0 atom stereocenters. The summed E-state index contributed by atoms with van der Waals surface area (Å²) in [5.74, 6) is 0.0641. The Morgan fingerprint density at radius 2 is 2.29 bits per heavy atom. The molecule has 17 heavy (non-hydrogen) atoms. The summed E-state index contributed by atoms with van der Waals surface area (Å²) in [5, 5.41) is 10.9. The maximum Gasteiger partial charge on any atom is 0.244 e. The molecule has 0 aliphatic carbocycles. The van der Waals surface area contributed by atoms with Crippen molar-refractivity contribution < 1.29 is 9.53 Å². The number of aromatic nitrogens is 3. The maximum atomic E-state index is 11.9. The van der Waals surface area contributed by atoms with E-state index in [1.54, 1.807) is 15.8 Å². The summed E-state index contributed by atoms with van der Waals surface area (Å²) in [5.41, 5.74) is 0.835. The van der Waals surface area contributed by atoms with Crippen molar-refractivity contribution in [2.75, 3.05) is 33.4 Å². The highest BCUT2D eigenvalue weighted by Crippen LogP contribution is 2.00. The van der Waals surface area contributed by atoms with Crippen molar-refractivity contribution >= 4 is 5.91 Å². The first-order valence-electron chi connectivity index (χ1n) is 5.68. The molecule has 0 aromatic carbocycles. The van der Waals surface area contributed by atoms with Crippen LogP contribution < -0.4 is 5.32 Å². The van der Waals surface area contributed by atoms with E-state index in [4.69, 9.17) is 4.74 Å². The van der Waals surface area contributed by atoms with Gasteiger partial charge in [0.25, 0.3) is 0 Å². The molecule has 7 heteroatoms. The number of nitrogens with zero attached hydrogens (tertiary/aromatic N) is 4. The molecular weight excluding hydrogens is 222 g/mol. The molecule has 0 saturated carbocycles. The molecule has 1 saturated heterocycles. The van der Waals surface area contributed by atoms with Crippen LogP contribution in [0, 0.1) is 0 Å². The van der Waals surface area contributed by atoms with Gasteiger partial charge in [-0.15, -0.1) is 5.10 Å². The Balaban J connectivity index is 1.88. The van der Waals surface area contributed by atoms with Gasteiger partial charge < -0.3 is 15.0 Å². The van der Waals surface area contributed by atoms with Gasteiger partial charge in [0.15, 0.2) is 0 Å². The van der Waals surface area contributed by atoms with Crippen LogP contribution in [0.25, 0.3) is 0 Å². The van der Waals surface area contributed by atoms with Crippen molar-refractivity contribution in [2.45, 2.75) is 13.1 Å². The molecule has 94 valence electrons. The molecule has 1 N–H and O–H groups in total. The van der Waals surface area contributed by atoms with Crippen molar-refractivity contribution in [3.8, 4) is 0 Å². The van der Waals surface area contributed by atoms with E-state index in [0.717, 1.165) is 5.69 Å². The zero-order valence-corrected chi connectivity index (χ0v) is 9.93. The van der Waals surface area contributed by atoms with Crippen LogP contribution in [-0.4, -0.2) is 59.2 Å². The molecule has 0 radical (unpaired) electrons. The van der Waals surface area contributed by atoms with Gasteiger partial charge in [-0.1, -0.05) is 5.21 Å². The summed E-state index contributed by atoms with van der Waals surface area (Å²) in [6.45, 7) is 3.47. The van der Waals surface area contributed by atoms with Crippen LogP contribution in [0.5, 0.6) is 0 Å². The van der Waals surface area contributed by atoms with Crippen LogP contribution in [-0.2, 0) is 22.6 Å². The van der Waals surface area contributed by atoms with Gasteiger partial charge in [0.2, 0.25) is 5.91 Å². The van der Waals surface area contributed by atoms with Gasteiger partial charge in [0.1, 0.15) is 6.54 Å². The zero-order valence-electron chi connectivity index (χ0n) is 9.93. The van der Waals surface area contributed by atoms with E-state index in [0.29, 0.717) is 32.8 Å². The highest BCUT2D eigenvalue weighted by atomic mass is 16.5. The molecule has 2 heterocycles. The molecule has 1 aromatic heterocycles. The zero-order chi connectivity index (χ0) is 12.1. The molecule has 0 bridgehead atoms. The maximum absolute atomic E-state index is 11.9. The number of carbonyl (C=O) groups is 1. The minimum absolute atomic E-state index is 0.0641. The molecule has 2 rings (SSSR count). The Bertz CT molecular complexity index is 373. The smallest absolute Gasteiger partial charge is 0.244 e. The molecule has 1 fully saturated rings. The van der Waals surface area contributed by atoms with Gasteiger partial charge in [-0.3, -0.25) is 4.79 Å². The third-order valence-electron chi connectivity index (χ3n) is 2.61. The first-order chi connectivity index (χ1) is 8.29. The molecule has 1 aromatic rings. The second-order valence-corrected chi connectivity index (χ2v) is 3.93. The lowest BCUT2D eigenvalue weighted by molar-refractivity contribution is -0.136. The predicted molar refractivity (Wildman–Crippen MR) is 60.2 cm³/mol. The van der Waals surface area contributed by atoms with Crippen molar-refractivity contribution in [1.29, 1.82) is 0 Å². The van der Waals surface area contributed by atoms with Crippen molar-refractivity contribution in [3.63, 3.8) is 0 Å². The van der Waals surface area contributed by atoms with Crippen LogP contribution in [0.2, 0.25) is 0 Å². The number of ether oxygens (including phenoxy) is 1. The first kappa shape index (κ1) is 12.0. The number of rotatable bonds is 4. The lowest BCUT2D eigenvalue weighted by Gasteiger charge is -2.26. The summed E-state index contributed by atoms with van der Waals surface area (Å²) in [6.07, 6.45) is 1.79. The van der Waals surface area contributed by atoms with E-state index in [2.05, 4.69) is 15.6 Å². The quantitative estimate of drug-likeness (QED) is 0.719. The highest BCUT2D eigenvalue weighted by Gasteiger charge is 2.17. The average Bonchev–Trinajstić information content (AvgIpc) is 2.78. The third-order valence-corrected chi connectivity index (χ3v) is 2.61. The van der Waals surface area contributed by atoms with Crippen LogP contribution in [0.4, 0.5) is 0 Å². The number of hydrogen-bond donors (Lipinski definition) is 1. The van der Waals surface area contributed by atoms with Gasteiger partial charge in [-0.25, -0.2) is 4.68 Å². The molecular formula is C10H17N5O2. The second kappa shape index (κ2) is 5.74. The molecule has 7 nitrogen and oxygen atoms in total. The summed E-state index contributed by atoms with van der Waals surface area (Å²) in [6, 6.07) is 0. The van der Waals surface area contributed by atoms with E-state index in [1.807, 2.05) is 7.05 Å². The van der Waals surface area contributed by atoms with E-state index in [-0.39, 0.29) is 12.5 Å². The Morgan fingerprint density at radius 3 is 3.00 bits per heavy atom. The number of amides is 1. The fraction of sp³-hybridized carbons (Fsp3) is 0.700. The van der Waals surface area contributed by atoms with Crippen LogP contribution in [0.1, 0.15) is 5.69 Å². The third kappa shape index (κ3) is 3.24. The van der Waals surface area contributed by atoms with Crippen LogP contribution in [0.15, 0.2) is 6.20 Å². The topological polar surface area (TPSA) is 72.3 Å². The minimum Gasteiger partial charge on any atom is -0.378 e. The molecule has 0 unspecified atom stereocenters. The average molecular weight is 239 g/mol. The van der Waals surface area contributed by atoms with Gasteiger partial charge in [0, 0.05) is 19.6 Å². The highest BCUT2D eigenvalue weighted by molar-refractivity contribution is 5.75. The van der Waals surface area contributed by atoms with E-state index < -0.39 is 0 Å². The lowest BCUT2D eigenvalue weighted by atomic mass is 10.4. The van der Waals surface area contributed by atoms with Crippen LogP contribution >= 0.6 is 0 Å². The monoisotopic (exact) mass is 239 g/mol. The number of carbonyl (C=O) groups excluding carboxylic acids is 1. The molecule has 1 aliphatic rings. The Kier molecular flexibility index (Phi) is 4.05. The SMILES string of the molecule is CNCc1cn(CC(=O)N2CCOCC2)nn1. The number of nitrogens with one attached hydrogen (secondary N) is 1. The number of morpholine rings is 1. The first-order valence-corrected chi connectivity index (χ1v) is 5.68. The van der Waals surface area contributed by atoms with E-state index in [1.165, 1.54) is 0 Å². The molecule has 1 aliphatic heterocycles. The van der Waals surface area contributed by atoms with Gasteiger partial charge in [-0.2, -0.15) is 0 Å². The lowest BCUT2D eigenvalue weighted by Crippen LogP contribution is -2.42. The fourth-order valence-corrected chi connectivity index (χ4v) is 1.73. The Morgan fingerprint density at radius 1 is 1.53 bits per heavy atom. The van der Waals surface area contributed by atoms with E-state index in [9.17, 15) is 4.79 Å². The standard InChI is InChI=1S/C10H17N5O2/c1-11-6-9-7-15(13-12-9)8-10(16)14-2-4-17-5-3-14/h7,11H,2-6,8H2,1H3. The van der Waals surface area contributed by atoms with E-state index >= 15 is 0 Å². The number of hydrogen-bond acceptors (Lipinski definition) is 5. The predicted octanol–water partition coefficient (Wildman–Crippen LogP) is -1.14. The largest absolute Gasteiger partial charge is 0.378 e. The van der Waals surface area contributed by atoms with Gasteiger partial charge >= 0.3 is 0 Å².